The quantitative estimate of drug-likeness (QED) is 0.747. The molecule has 1 heterocycles. The second kappa shape index (κ2) is 8.27. The van der Waals surface area contributed by atoms with Gasteiger partial charge in [-0.3, -0.25) is 9.59 Å². The average Bonchev–Trinajstić information content (AvgIpc) is 2.60. The maximum atomic E-state index is 14.5. The Morgan fingerprint density at radius 3 is 2.38 bits per heavy atom. The molecule has 1 aliphatic heterocycles. The van der Waals surface area contributed by atoms with Crippen LogP contribution in [0.4, 0.5) is 10.1 Å². The highest BCUT2D eigenvalue weighted by Gasteiger charge is 2.23. The van der Waals surface area contributed by atoms with Crippen molar-refractivity contribution in [1.82, 2.24) is 4.90 Å². The molecule has 0 aliphatic carbocycles. The van der Waals surface area contributed by atoms with Gasteiger partial charge in [0.25, 0.3) is 0 Å². The summed E-state index contributed by atoms with van der Waals surface area (Å²) in [5, 5.41) is 0. The van der Waals surface area contributed by atoms with E-state index >= 15 is 0 Å². The molecule has 0 aromatic heterocycles. The molecule has 1 aliphatic rings. The molecule has 2 rings (SSSR count). The second-order valence-corrected chi connectivity index (χ2v) is 6.37. The molecule has 1 aromatic rings. The van der Waals surface area contributed by atoms with E-state index in [1.54, 1.807) is 13.0 Å². The smallest absolute Gasteiger partial charge is 0.222 e. The van der Waals surface area contributed by atoms with Gasteiger partial charge in [-0.2, -0.15) is 0 Å². The Balaban J connectivity index is 2.05. The third-order valence-electron chi connectivity index (χ3n) is 4.63. The van der Waals surface area contributed by atoms with E-state index in [0.29, 0.717) is 50.3 Å². The van der Waals surface area contributed by atoms with Crippen molar-refractivity contribution in [1.29, 1.82) is 0 Å². The lowest BCUT2D eigenvalue weighted by atomic mass is 10.0. The zero-order valence-electron chi connectivity index (χ0n) is 14.9. The van der Waals surface area contributed by atoms with E-state index < -0.39 is 0 Å². The minimum absolute atomic E-state index is 0.0377. The van der Waals surface area contributed by atoms with Gasteiger partial charge in [-0.1, -0.05) is 20.3 Å². The van der Waals surface area contributed by atoms with E-state index in [-0.39, 0.29) is 17.5 Å². The first-order valence-corrected chi connectivity index (χ1v) is 8.84. The average molecular weight is 334 g/mol. The standard InChI is InChI=1S/C19H27FN2O2/c1-4-6-7-19(24)22-10-8-21(9-11-22)17-12-14(3)15(13-16(17)20)18(23)5-2/h12-13H,4-11H2,1-3H3. The fourth-order valence-corrected chi connectivity index (χ4v) is 3.08. The van der Waals surface area contributed by atoms with Gasteiger partial charge in [-0.15, -0.1) is 0 Å². The predicted molar refractivity (Wildman–Crippen MR) is 94.1 cm³/mol. The molecule has 0 spiro atoms. The van der Waals surface area contributed by atoms with Crippen LogP contribution < -0.4 is 4.90 Å². The summed E-state index contributed by atoms with van der Waals surface area (Å²) in [6.07, 6.45) is 2.90. The zero-order chi connectivity index (χ0) is 17.7. The lowest BCUT2D eigenvalue weighted by Crippen LogP contribution is -2.49. The van der Waals surface area contributed by atoms with E-state index in [1.807, 2.05) is 16.7 Å². The summed E-state index contributed by atoms with van der Waals surface area (Å²) < 4.78 is 14.5. The van der Waals surface area contributed by atoms with Crippen molar-refractivity contribution in [3.63, 3.8) is 0 Å². The highest BCUT2D eigenvalue weighted by Crippen LogP contribution is 2.25. The van der Waals surface area contributed by atoms with Crippen LogP contribution in [0, 0.1) is 12.7 Å². The van der Waals surface area contributed by atoms with Crippen LogP contribution in [0.3, 0.4) is 0 Å². The SMILES string of the molecule is CCCCC(=O)N1CCN(c2cc(C)c(C(=O)CC)cc2F)CC1. The molecule has 1 saturated heterocycles. The predicted octanol–water partition coefficient (Wildman–Crippen LogP) is 3.57. The Morgan fingerprint density at radius 2 is 1.79 bits per heavy atom. The Labute approximate surface area is 143 Å². The van der Waals surface area contributed by atoms with Crippen molar-refractivity contribution >= 4 is 17.4 Å². The third kappa shape index (κ3) is 4.13. The van der Waals surface area contributed by atoms with Gasteiger partial charge in [0.05, 0.1) is 5.69 Å². The first kappa shape index (κ1) is 18.4. The maximum absolute atomic E-state index is 14.5. The number of nitrogens with zero attached hydrogens (tertiary/aromatic N) is 2. The summed E-state index contributed by atoms with van der Waals surface area (Å²) in [5.41, 5.74) is 1.80. The molecule has 1 fully saturated rings. The summed E-state index contributed by atoms with van der Waals surface area (Å²) in [6, 6.07) is 3.11. The summed E-state index contributed by atoms with van der Waals surface area (Å²) in [4.78, 5) is 27.8. The minimum Gasteiger partial charge on any atom is -0.366 e. The number of hydrogen-bond acceptors (Lipinski definition) is 3. The van der Waals surface area contributed by atoms with Gasteiger partial charge >= 0.3 is 0 Å². The largest absolute Gasteiger partial charge is 0.366 e. The molecule has 132 valence electrons. The summed E-state index contributed by atoms with van der Waals surface area (Å²) in [5.74, 6) is -0.204. The van der Waals surface area contributed by atoms with E-state index in [9.17, 15) is 14.0 Å². The number of aryl methyl sites for hydroxylation is 1. The van der Waals surface area contributed by atoms with Gasteiger partial charge in [0.15, 0.2) is 5.78 Å². The van der Waals surface area contributed by atoms with Crippen molar-refractivity contribution in [3.05, 3.63) is 29.1 Å². The summed E-state index contributed by atoms with van der Waals surface area (Å²) in [6.45, 7) is 8.18. The Hall–Kier alpha value is -1.91. The van der Waals surface area contributed by atoms with Crippen molar-refractivity contribution in [2.24, 2.45) is 0 Å². The fourth-order valence-electron chi connectivity index (χ4n) is 3.08. The van der Waals surface area contributed by atoms with Gasteiger partial charge in [-0.05, 0) is 31.0 Å². The molecule has 1 amide bonds. The van der Waals surface area contributed by atoms with Crippen molar-refractivity contribution in [3.8, 4) is 0 Å². The number of carbonyl (C=O) groups is 2. The van der Waals surface area contributed by atoms with Crippen LogP contribution in [-0.2, 0) is 4.79 Å². The van der Waals surface area contributed by atoms with Crippen LogP contribution >= 0.6 is 0 Å². The van der Waals surface area contributed by atoms with E-state index in [1.165, 1.54) is 6.07 Å². The van der Waals surface area contributed by atoms with E-state index in [0.717, 1.165) is 18.4 Å². The fraction of sp³-hybridized carbons (Fsp3) is 0.579. The van der Waals surface area contributed by atoms with Crippen LogP contribution in [0.2, 0.25) is 0 Å². The first-order valence-electron chi connectivity index (χ1n) is 8.84. The molecule has 0 radical (unpaired) electrons. The van der Waals surface area contributed by atoms with E-state index in [4.69, 9.17) is 0 Å². The summed E-state index contributed by atoms with van der Waals surface area (Å²) in [7, 11) is 0. The molecule has 4 nitrogen and oxygen atoms in total. The number of piperazine rings is 1. The van der Waals surface area contributed by atoms with Crippen LogP contribution in [0.5, 0.6) is 0 Å². The van der Waals surface area contributed by atoms with Crippen LogP contribution in [0.15, 0.2) is 12.1 Å². The van der Waals surface area contributed by atoms with E-state index in [2.05, 4.69) is 6.92 Å². The van der Waals surface area contributed by atoms with Gasteiger partial charge in [0.1, 0.15) is 5.82 Å². The molecule has 1 aromatic carbocycles. The molecule has 0 bridgehead atoms. The number of amides is 1. The van der Waals surface area contributed by atoms with Gasteiger partial charge in [0.2, 0.25) is 5.91 Å². The number of unbranched alkanes of at least 4 members (excludes halogenated alkanes) is 1. The molecule has 24 heavy (non-hydrogen) atoms. The van der Waals surface area contributed by atoms with Crippen molar-refractivity contribution in [2.45, 2.75) is 46.5 Å². The van der Waals surface area contributed by atoms with Gasteiger partial charge in [0, 0.05) is 44.6 Å². The van der Waals surface area contributed by atoms with Crippen molar-refractivity contribution in [2.75, 3.05) is 31.1 Å². The van der Waals surface area contributed by atoms with Crippen molar-refractivity contribution < 1.29 is 14.0 Å². The highest BCUT2D eigenvalue weighted by molar-refractivity contribution is 5.97. The highest BCUT2D eigenvalue weighted by atomic mass is 19.1. The van der Waals surface area contributed by atoms with Gasteiger partial charge < -0.3 is 9.80 Å². The monoisotopic (exact) mass is 334 g/mol. The number of anilines is 1. The van der Waals surface area contributed by atoms with Gasteiger partial charge in [-0.25, -0.2) is 4.39 Å². The number of ketones is 1. The molecule has 0 atom stereocenters. The number of Topliss-reactive ketones (excluding diaryl/α,β-unsaturated/α-hetero) is 1. The second-order valence-electron chi connectivity index (χ2n) is 6.37. The molecule has 0 N–H and O–H groups in total. The van der Waals surface area contributed by atoms with Crippen LogP contribution in [-0.4, -0.2) is 42.8 Å². The number of hydrogen-bond donors (Lipinski definition) is 0. The van der Waals surface area contributed by atoms with Crippen LogP contribution in [0.1, 0.15) is 55.5 Å². The Bertz CT molecular complexity index is 608. The summed E-state index contributed by atoms with van der Waals surface area (Å²) >= 11 is 0. The molecular weight excluding hydrogens is 307 g/mol. The maximum Gasteiger partial charge on any atom is 0.222 e. The lowest BCUT2D eigenvalue weighted by Gasteiger charge is -2.36. The minimum atomic E-state index is -0.358. The molecule has 5 heteroatoms. The molecule has 0 saturated carbocycles. The van der Waals surface area contributed by atoms with Crippen LogP contribution in [0.25, 0.3) is 0 Å². The zero-order valence-corrected chi connectivity index (χ0v) is 14.9. The third-order valence-corrected chi connectivity index (χ3v) is 4.63. The molecular formula is C19H27FN2O2. The number of rotatable bonds is 6. The Morgan fingerprint density at radius 1 is 1.12 bits per heavy atom. The molecule has 0 unspecified atom stereocenters. The normalized spacial score (nSPS) is 14.8. The number of carbonyl (C=O) groups excluding carboxylic acids is 2. The number of halogens is 1. The topological polar surface area (TPSA) is 40.6 Å². The Kier molecular flexibility index (Phi) is 6.35. The first-order chi connectivity index (χ1) is 11.5. The number of benzene rings is 1. The lowest BCUT2D eigenvalue weighted by molar-refractivity contribution is -0.131.